The van der Waals surface area contributed by atoms with Crippen LogP contribution in [0.25, 0.3) is 0 Å². The number of carbonyl (C=O) groups is 1. The van der Waals surface area contributed by atoms with Gasteiger partial charge in [0.2, 0.25) is 5.91 Å². The molecule has 4 rings (SSSR count). The van der Waals surface area contributed by atoms with Crippen molar-refractivity contribution in [2.45, 2.75) is 25.4 Å². The highest BCUT2D eigenvalue weighted by atomic mass is 35.5. The Hall–Kier alpha value is -2.29. The van der Waals surface area contributed by atoms with Crippen LogP contribution < -0.4 is 14.4 Å². The number of aryl methyl sites for hydroxylation is 1. The van der Waals surface area contributed by atoms with E-state index in [0.717, 1.165) is 11.1 Å². The molecule has 2 aromatic rings. The molecule has 0 saturated carbocycles. The summed E-state index contributed by atoms with van der Waals surface area (Å²) in [4.78, 5) is 16.8. The predicted molar refractivity (Wildman–Crippen MR) is 125 cm³/mol. The van der Waals surface area contributed by atoms with Gasteiger partial charge in [0.1, 0.15) is 0 Å². The third-order valence-corrected chi connectivity index (χ3v) is 8.38. The van der Waals surface area contributed by atoms with Gasteiger partial charge in [-0.3, -0.25) is 9.69 Å². The second-order valence-electron chi connectivity index (χ2n) is 8.32. The molecule has 0 radical (unpaired) electrons. The normalized spacial score (nSPS) is 22.6. The highest BCUT2D eigenvalue weighted by molar-refractivity contribution is 7.91. The van der Waals surface area contributed by atoms with Crippen LogP contribution in [0.15, 0.2) is 36.4 Å². The molecule has 1 amide bonds. The zero-order chi connectivity index (χ0) is 23.0. The van der Waals surface area contributed by atoms with E-state index in [1.165, 1.54) is 0 Å². The van der Waals surface area contributed by atoms with E-state index in [1.54, 1.807) is 25.2 Å². The number of nitrogens with zero attached hydrogens (tertiary/aromatic N) is 2. The Morgan fingerprint density at radius 2 is 1.75 bits per heavy atom. The molecule has 2 fully saturated rings. The number of amides is 1. The standard InChI is InChI=1S/C23H27ClN2O5S/c1-15-4-6-17(11-18(15)24)26-20-14-32(28,29)13-19(20)25(12-23(26)27)9-8-16-5-7-21(30-2)22(10-16)31-3/h4-7,10-11,19-20H,8-9,12-14H2,1-3H3. The largest absolute Gasteiger partial charge is 0.493 e. The number of halogens is 1. The van der Waals surface area contributed by atoms with Crippen molar-refractivity contribution >= 4 is 33.0 Å². The van der Waals surface area contributed by atoms with Crippen LogP contribution >= 0.6 is 11.6 Å². The summed E-state index contributed by atoms with van der Waals surface area (Å²) < 4.78 is 35.8. The molecule has 2 unspecified atom stereocenters. The third kappa shape index (κ3) is 4.44. The topological polar surface area (TPSA) is 76.2 Å². The zero-order valence-corrected chi connectivity index (χ0v) is 19.9. The van der Waals surface area contributed by atoms with Crippen molar-refractivity contribution < 1.29 is 22.7 Å². The molecular formula is C23H27ClN2O5S. The summed E-state index contributed by atoms with van der Waals surface area (Å²) in [6.45, 7) is 2.62. The lowest BCUT2D eigenvalue weighted by Gasteiger charge is -2.43. The van der Waals surface area contributed by atoms with E-state index in [9.17, 15) is 13.2 Å². The number of rotatable bonds is 6. The van der Waals surface area contributed by atoms with E-state index in [-0.39, 0.29) is 30.0 Å². The quantitative estimate of drug-likeness (QED) is 0.635. The second kappa shape index (κ2) is 8.92. The van der Waals surface area contributed by atoms with Crippen LogP contribution in [0.3, 0.4) is 0 Å². The molecule has 2 aliphatic rings. The lowest BCUT2D eigenvalue weighted by Crippen LogP contribution is -2.62. The van der Waals surface area contributed by atoms with Gasteiger partial charge in [0, 0.05) is 23.3 Å². The molecule has 9 heteroatoms. The van der Waals surface area contributed by atoms with Crippen LogP contribution in [0.5, 0.6) is 11.5 Å². The van der Waals surface area contributed by atoms with Gasteiger partial charge in [0.05, 0.1) is 38.3 Å². The summed E-state index contributed by atoms with van der Waals surface area (Å²) in [5, 5.41) is 0.559. The van der Waals surface area contributed by atoms with Gasteiger partial charge in [-0.25, -0.2) is 8.42 Å². The van der Waals surface area contributed by atoms with Gasteiger partial charge < -0.3 is 14.4 Å². The summed E-state index contributed by atoms with van der Waals surface area (Å²) in [6.07, 6.45) is 0.660. The van der Waals surface area contributed by atoms with Gasteiger partial charge in [0.15, 0.2) is 21.3 Å². The Bertz CT molecular complexity index is 1140. The van der Waals surface area contributed by atoms with Crippen LogP contribution in [0.1, 0.15) is 11.1 Å². The van der Waals surface area contributed by atoms with Crippen molar-refractivity contribution in [3.05, 3.63) is 52.5 Å². The fourth-order valence-corrected chi connectivity index (χ4v) is 6.73. The molecule has 2 aliphatic heterocycles. The molecule has 2 saturated heterocycles. The summed E-state index contributed by atoms with van der Waals surface area (Å²) in [5.41, 5.74) is 2.59. The second-order valence-corrected chi connectivity index (χ2v) is 10.9. The number of sulfone groups is 1. The van der Waals surface area contributed by atoms with Crippen molar-refractivity contribution in [1.82, 2.24) is 4.90 Å². The van der Waals surface area contributed by atoms with E-state index in [0.29, 0.717) is 35.2 Å². The SMILES string of the molecule is COc1ccc(CCN2CC(=O)N(c3ccc(C)c(Cl)c3)C3CS(=O)(=O)CC32)cc1OC. The van der Waals surface area contributed by atoms with Crippen LogP contribution in [-0.4, -0.2) is 70.1 Å². The number of hydrogen-bond acceptors (Lipinski definition) is 6. The van der Waals surface area contributed by atoms with E-state index in [4.69, 9.17) is 21.1 Å². The van der Waals surface area contributed by atoms with E-state index >= 15 is 0 Å². The summed E-state index contributed by atoms with van der Waals surface area (Å²) in [7, 11) is -0.0761. The fourth-order valence-electron chi connectivity index (χ4n) is 4.58. The smallest absolute Gasteiger partial charge is 0.241 e. The van der Waals surface area contributed by atoms with E-state index < -0.39 is 15.9 Å². The van der Waals surface area contributed by atoms with Gasteiger partial charge in [-0.1, -0.05) is 23.7 Å². The molecule has 2 heterocycles. The monoisotopic (exact) mass is 478 g/mol. The van der Waals surface area contributed by atoms with Crippen molar-refractivity contribution in [2.75, 3.05) is 43.7 Å². The Balaban J connectivity index is 1.57. The van der Waals surface area contributed by atoms with Gasteiger partial charge >= 0.3 is 0 Å². The van der Waals surface area contributed by atoms with Crippen molar-refractivity contribution in [3.8, 4) is 11.5 Å². The molecule has 2 aromatic carbocycles. The molecular weight excluding hydrogens is 452 g/mol. The van der Waals surface area contributed by atoms with Gasteiger partial charge in [-0.05, 0) is 48.7 Å². The lowest BCUT2D eigenvalue weighted by molar-refractivity contribution is -0.123. The Morgan fingerprint density at radius 3 is 2.44 bits per heavy atom. The molecule has 2 atom stereocenters. The molecule has 7 nitrogen and oxygen atoms in total. The molecule has 0 spiro atoms. The zero-order valence-electron chi connectivity index (χ0n) is 18.4. The molecule has 0 aromatic heterocycles. The number of anilines is 1. The minimum absolute atomic E-state index is 0.0399. The average molecular weight is 479 g/mol. The van der Waals surface area contributed by atoms with Gasteiger partial charge in [0.25, 0.3) is 0 Å². The average Bonchev–Trinajstić information content (AvgIpc) is 3.08. The number of benzene rings is 2. The Morgan fingerprint density at radius 1 is 1.03 bits per heavy atom. The number of piperazine rings is 1. The predicted octanol–water partition coefficient (Wildman–Crippen LogP) is 2.72. The van der Waals surface area contributed by atoms with Crippen molar-refractivity contribution in [3.63, 3.8) is 0 Å². The Labute approximate surface area is 193 Å². The van der Waals surface area contributed by atoms with Gasteiger partial charge in [-0.15, -0.1) is 0 Å². The van der Waals surface area contributed by atoms with Crippen LogP contribution in [0.4, 0.5) is 5.69 Å². The molecule has 0 N–H and O–H groups in total. The van der Waals surface area contributed by atoms with Crippen molar-refractivity contribution in [2.24, 2.45) is 0 Å². The lowest BCUT2D eigenvalue weighted by atomic mass is 10.0. The third-order valence-electron chi connectivity index (χ3n) is 6.27. The summed E-state index contributed by atoms with van der Waals surface area (Å²) in [5.74, 6) is 1.19. The summed E-state index contributed by atoms with van der Waals surface area (Å²) in [6, 6.07) is 10.5. The number of ether oxygens (including phenoxy) is 2. The number of hydrogen-bond donors (Lipinski definition) is 0. The number of fused-ring (bicyclic) bond motifs is 1. The van der Waals surface area contributed by atoms with Gasteiger partial charge in [-0.2, -0.15) is 0 Å². The van der Waals surface area contributed by atoms with Crippen LogP contribution in [-0.2, 0) is 21.1 Å². The first-order chi connectivity index (χ1) is 15.2. The number of methoxy groups -OCH3 is 2. The maximum absolute atomic E-state index is 13.2. The summed E-state index contributed by atoms with van der Waals surface area (Å²) >= 11 is 6.29. The van der Waals surface area contributed by atoms with Crippen LogP contribution in [0, 0.1) is 6.92 Å². The van der Waals surface area contributed by atoms with Crippen LogP contribution in [0.2, 0.25) is 5.02 Å². The highest BCUT2D eigenvalue weighted by Gasteiger charge is 2.49. The highest BCUT2D eigenvalue weighted by Crippen LogP contribution is 2.34. The number of carbonyl (C=O) groups excluding carboxylic acids is 1. The first kappa shape index (κ1) is 22.9. The molecule has 0 bridgehead atoms. The van der Waals surface area contributed by atoms with E-state index in [2.05, 4.69) is 0 Å². The minimum Gasteiger partial charge on any atom is -0.493 e. The molecule has 172 valence electrons. The Kier molecular flexibility index (Phi) is 6.38. The fraction of sp³-hybridized carbons (Fsp3) is 0.435. The molecule has 32 heavy (non-hydrogen) atoms. The first-order valence-electron chi connectivity index (χ1n) is 10.5. The maximum atomic E-state index is 13.2. The molecule has 0 aliphatic carbocycles. The van der Waals surface area contributed by atoms with Crippen molar-refractivity contribution in [1.29, 1.82) is 0 Å². The first-order valence-corrected chi connectivity index (χ1v) is 12.7. The minimum atomic E-state index is -3.25. The maximum Gasteiger partial charge on any atom is 0.241 e. The van der Waals surface area contributed by atoms with E-state index in [1.807, 2.05) is 42.2 Å².